The van der Waals surface area contributed by atoms with E-state index < -0.39 is 15.1 Å². The number of hydrogen-bond donors (Lipinski definition) is 0. The first kappa shape index (κ1) is 13.2. The average molecular weight is 304 g/mol. The number of hydrogen-bond acceptors (Lipinski definition) is 5. The Morgan fingerprint density at radius 2 is 1.78 bits per heavy atom. The van der Waals surface area contributed by atoms with Crippen LogP contribution in [0.2, 0.25) is 10.0 Å². The minimum absolute atomic E-state index is 0.276. The lowest BCUT2D eigenvalue weighted by Gasteiger charge is -2.07. The fourth-order valence-corrected chi connectivity index (χ4v) is 2.02. The second-order valence-electron chi connectivity index (χ2n) is 3.32. The molecule has 5 nitrogen and oxygen atoms in total. The molecule has 0 saturated heterocycles. The molecule has 0 aliphatic carbocycles. The molecule has 0 unspecified atom stereocenters. The minimum atomic E-state index is -4.61. The van der Waals surface area contributed by atoms with Crippen molar-refractivity contribution in [3.05, 3.63) is 40.6 Å². The van der Waals surface area contributed by atoms with Gasteiger partial charge in [-0.05, 0) is 12.1 Å². The number of halogens is 2. The summed E-state index contributed by atoms with van der Waals surface area (Å²) in [5.74, 6) is 0. The molecule has 1 aromatic heterocycles. The van der Waals surface area contributed by atoms with Gasteiger partial charge in [-0.25, -0.2) is 18.4 Å². The fourth-order valence-electron chi connectivity index (χ4n) is 1.29. The molecule has 0 bridgehead atoms. The molecule has 0 N–H and O–H groups in total. The van der Waals surface area contributed by atoms with Crippen LogP contribution in [0.15, 0.2) is 35.6 Å². The molecule has 8 heteroatoms. The Morgan fingerprint density at radius 1 is 1.06 bits per heavy atom. The summed E-state index contributed by atoms with van der Waals surface area (Å²) in [6.07, 6.45) is 1.00. The SMILES string of the molecule is O=S(=O)([O-])c1cc(-c2ccc(Cl)c(Cl)c2)ncn1. The zero-order valence-electron chi connectivity index (χ0n) is 8.67. The van der Waals surface area contributed by atoms with Crippen LogP contribution in [0.1, 0.15) is 0 Å². The molecule has 0 fully saturated rings. The van der Waals surface area contributed by atoms with E-state index in [-0.39, 0.29) is 5.69 Å². The van der Waals surface area contributed by atoms with Gasteiger partial charge in [0, 0.05) is 11.6 Å². The quantitative estimate of drug-likeness (QED) is 0.628. The second kappa shape index (κ2) is 4.81. The molecule has 0 radical (unpaired) electrons. The van der Waals surface area contributed by atoms with Crippen molar-refractivity contribution in [1.29, 1.82) is 0 Å². The summed E-state index contributed by atoms with van der Waals surface area (Å²) >= 11 is 11.6. The third kappa shape index (κ3) is 2.78. The van der Waals surface area contributed by atoms with Crippen molar-refractivity contribution in [3.63, 3.8) is 0 Å². The average Bonchev–Trinajstić information content (AvgIpc) is 2.32. The van der Waals surface area contributed by atoms with Crippen LogP contribution in [0.5, 0.6) is 0 Å². The van der Waals surface area contributed by atoms with Gasteiger partial charge in [-0.2, -0.15) is 0 Å². The monoisotopic (exact) mass is 303 g/mol. The fraction of sp³-hybridized carbons (Fsp3) is 0. The van der Waals surface area contributed by atoms with E-state index in [2.05, 4.69) is 9.97 Å². The first-order valence-corrected chi connectivity index (χ1v) is 6.78. The molecule has 0 atom stereocenters. The predicted molar refractivity (Wildman–Crippen MR) is 65.5 cm³/mol. The summed E-state index contributed by atoms with van der Waals surface area (Å²) in [5, 5.41) is 0.0871. The molecule has 0 aliphatic rings. The molecule has 2 aromatic rings. The van der Waals surface area contributed by atoms with Crippen molar-refractivity contribution in [3.8, 4) is 11.3 Å². The summed E-state index contributed by atoms with van der Waals surface area (Å²) in [4.78, 5) is 7.28. The smallest absolute Gasteiger partial charge is 0.146 e. The van der Waals surface area contributed by atoms with E-state index in [0.717, 1.165) is 12.4 Å². The van der Waals surface area contributed by atoms with Gasteiger partial charge in [-0.15, -0.1) is 0 Å². The van der Waals surface area contributed by atoms with E-state index in [0.29, 0.717) is 15.6 Å². The Balaban J connectivity index is 2.55. The second-order valence-corrected chi connectivity index (χ2v) is 5.47. The highest BCUT2D eigenvalue weighted by Crippen LogP contribution is 2.27. The van der Waals surface area contributed by atoms with E-state index in [1.807, 2.05) is 0 Å². The van der Waals surface area contributed by atoms with Gasteiger partial charge in [0.15, 0.2) is 0 Å². The normalized spacial score (nSPS) is 11.5. The van der Waals surface area contributed by atoms with Gasteiger partial charge >= 0.3 is 0 Å². The highest BCUT2D eigenvalue weighted by molar-refractivity contribution is 7.85. The van der Waals surface area contributed by atoms with Gasteiger partial charge in [0.05, 0.1) is 15.7 Å². The lowest BCUT2D eigenvalue weighted by molar-refractivity contribution is 0.459. The Labute approximate surface area is 113 Å². The van der Waals surface area contributed by atoms with Gasteiger partial charge in [-0.1, -0.05) is 29.3 Å². The van der Waals surface area contributed by atoms with Crippen molar-refractivity contribution >= 4 is 33.3 Å². The molecule has 0 saturated carbocycles. The molecule has 94 valence electrons. The van der Waals surface area contributed by atoms with Crippen LogP contribution >= 0.6 is 23.2 Å². The van der Waals surface area contributed by atoms with Crippen molar-refractivity contribution in [1.82, 2.24) is 9.97 Å². The van der Waals surface area contributed by atoms with Gasteiger partial charge < -0.3 is 4.55 Å². The van der Waals surface area contributed by atoms with E-state index in [1.54, 1.807) is 12.1 Å². The van der Waals surface area contributed by atoms with Crippen molar-refractivity contribution in [2.45, 2.75) is 5.03 Å². The Bertz CT molecular complexity index is 704. The molecule has 18 heavy (non-hydrogen) atoms. The molecule has 0 amide bonds. The standard InChI is InChI=1S/C10H6Cl2N2O3S/c11-7-2-1-6(3-8(7)12)9-4-10(14-5-13-9)18(15,16)17/h1-5H,(H,15,16,17)/p-1. The minimum Gasteiger partial charge on any atom is -0.743 e. The third-order valence-electron chi connectivity index (χ3n) is 2.11. The summed E-state index contributed by atoms with van der Waals surface area (Å²) in [6, 6.07) is 5.76. The third-order valence-corrected chi connectivity index (χ3v) is 3.59. The van der Waals surface area contributed by atoms with E-state index in [9.17, 15) is 13.0 Å². The van der Waals surface area contributed by atoms with Crippen molar-refractivity contribution in [2.24, 2.45) is 0 Å². The first-order valence-electron chi connectivity index (χ1n) is 4.61. The number of nitrogens with zero attached hydrogens (tertiary/aromatic N) is 2. The van der Waals surface area contributed by atoms with E-state index in [1.165, 1.54) is 6.07 Å². The maximum atomic E-state index is 10.8. The van der Waals surface area contributed by atoms with Crippen LogP contribution in [0.4, 0.5) is 0 Å². The molecule has 0 spiro atoms. The van der Waals surface area contributed by atoms with Crippen molar-refractivity contribution < 1.29 is 13.0 Å². The topological polar surface area (TPSA) is 83.0 Å². The zero-order chi connectivity index (χ0) is 13.3. The Hall–Kier alpha value is -1.21. The Morgan fingerprint density at radius 3 is 2.39 bits per heavy atom. The highest BCUT2D eigenvalue weighted by atomic mass is 35.5. The molecular weight excluding hydrogens is 299 g/mol. The maximum Gasteiger partial charge on any atom is 0.146 e. The van der Waals surface area contributed by atoms with Gasteiger partial charge in [0.25, 0.3) is 0 Å². The van der Waals surface area contributed by atoms with Crippen LogP contribution in [0, 0.1) is 0 Å². The van der Waals surface area contributed by atoms with Gasteiger partial charge in [-0.3, -0.25) is 0 Å². The summed E-state index contributed by atoms with van der Waals surface area (Å²) in [5.41, 5.74) is 0.815. The molecule has 2 rings (SSSR count). The summed E-state index contributed by atoms with van der Waals surface area (Å²) in [6.45, 7) is 0. The highest BCUT2D eigenvalue weighted by Gasteiger charge is 2.08. The summed E-state index contributed by atoms with van der Waals surface area (Å²) in [7, 11) is -4.61. The van der Waals surface area contributed by atoms with Gasteiger partial charge in [0.1, 0.15) is 21.5 Å². The predicted octanol–water partition coefficient (Wildman–Crippen LogP) is 2.35. The lowest BCUT2D eigenvalue weighted by Crippen LogP contribution is -2.02. The van der Waals surface area contributed by atoms with Crippen LogP contribution in [0.3, 0.4) is 0 Å². The van der Waals surface area contributed by atoms with Crippen LogP contribution in [0.25, 0.3) is 11.3 Å². The van der Waals surface area contributed by atoms with E-state index >= 15 is 0 Å². The number of rotatable bonds is 2. The van der Waals surface area contributed by atoms with E-state index in [4.69, 9.17) is 23.2 Å². The molecule has 0 aliphatic heterocycles. The van der Waals surface area contributed by atoms with Crippen molar-refractivity contribution in [2.75, 3.05) is 0 Å². The van der Waals surface area contributed by atoms with Crippen LogP contribution in [-0.4, -0.2) is 22.9 Å². The molecule has 1 aromatic carbocycles. The first-order chi connectivity index (χ1) is 8.38. The zero-order valence-corrected chi connectivity index (χ0v) is 11.0. The van der Waals surface area contributed by atoms with Crippen LogP contribution < -0.4 is 0 Å². The largest absolute Gasteiger partial charge is 0.743 e. The Kier molecular flexibility index (Phi) is 3.54. The molecular formula is C10H5Cl2N2O3S-. The van der Waals surface area contributed by atoms with Crippen LogP contribution in [-0.2, 0) is 10.1 Å². The number of benzene rings is 1. The summed E-state index contributed by atoms with van der Waals surface area (Å²) < 4.78 is 32.5. The molecule has 1 heterocycles. The maximum absolute atomic E-state index is 10.8. The van der Waals surface area contributed by atoms with Gasteiger partial charge in [0.2, 0.25) is 0 Å². The number of aromatic nitrogens is 2. The lowest BCUT2D eigenvalue weighted by atomic mass is 10.1.